The van der Waals surface area contributed by atoms with E-state index in [1.54, 1.807) is 24.4 Å². The van der Waals surface area contributed by atoms with Crippen LogP contribution in [0.4, 0.5) is 10.2 Å². The van der Waals surface area contributed by atoms with Crippen molar-refractivity contribution in [3.8, 4) is 16.9 Å². The predicted octanol–water partition coefficient (Wildman–Crippen LogP) is 2.48. The molecule has 82 valence electrons. The first-order valence-electron chi connectivity index (χ1n) is 4.76. The maximum atomic E-state index is 13.0. The topological polar surface area (TPSA) is 48.1 Å². The normalized spacial score (nSPS) is 10.1. The molecule has 0 saturated carbocycles. The van der Waals surface area contributed by atoms with E-state index in [9.17, 15) is 4.39 Å². The van der Waals surface area contributed by atoms with Crippen LogP contribution in [-0.4, -0.2) is 12.1 Å². The van der Waals surface area contributed by atoms with Gasteiger partial charge in [0.25, 0.3) is 0 Å². The summed E-state index contributed by atoms with van der Waals surface area (Å²) >= 11 is 0. The van der Waals surface area contributed by atoms with Gasteiger partial charge in [-0.1, -0.05) is 0 Å². The first-order chi connectivity index (χ1) is 7.70. The van der Waals surface area contributed by atoms with Crippen molar-refractivity contribution in [3.63, 3.8) is 0 Å². The SMILES string of the molecule is COc1cc(F)ccc1-c1ccnc(N)c1. The number of anilines is 1. The van der Waals surface area contributed by atoms with Crippen LogP contribution >= 0.6 is 0 Å². The molecule has 3 nitrogen and oxygen atoms in total. The van der Waals surface area contributed by atoms with E-state index in [1.165, 1.54) is 19.2 Å². The van der Waals surface area contributed by atoms with Crippen LogP contribution in [0.2, 0.25) is 0 Å². The predicted molar refractivity (Wildman–Crippen MR) is 60.6 cm³/mol. The highest BCUT2D eigenvalue weighted by Crippen LogP contribution is 2.30. The molecule has 1 aromatic heterocycles. The number of pyridine rings is 1. The second kappa shape index (κ2) is 4.18. The summed E-state index contributed by atoms with van der Waals surface area (Å²) < 4.78 is 18.1. The Labute approximate surface area is 92.7 Å². The van der Waals surface area contributed by atoms with Crippen LogP contribution in [0.15, 0.2) is 36.5 Å². The second-order valence-corrected chi connectivity index (χ2v) is 3.31. The van der Waals surface area contributed by atoms with Crippen LogP contribution in [-0.2, 0) is 0 Å². The van der Waals surface area contributed by atoms with Gasteiger partial charge in [-0.05, 0) is 29.8 Å². The lowest BCUT2D eigenvalue weighted by Crippen LogP contribution is -1.92. The minimum atomic E-state index is -0.331. The van der Waals surface area contributed by atoms with Gasteiger partial charge in [0.1, 0.15) is 17.4 Å². The molecule has 2 aromatic rings. The average Bonchev–Trinajstić information content (AvgIpc) is 2.28. The van der Waals surface area contributed by atoms with E-state index in [4.69, 9.17) is 10.5 Å². The number of nitrogen functional groups attached to an aromatic ring is 1. The van der Waals surface area contributed by atoms with E-state index in [0.717, 1.165) is 11.1 Å². The Morgan fingerprint density at radius 2 is 2.06 bits per heavy atom. The molecule has 4 heteroatoms. The van der Waals surface area contributed by atoms with Crippen molar-refractivity contribution in [2.24, 2.45) is 0 Å². The number of methoxy groups -OCH3 is 1. The van der Waals surface area contributed by atoms with Crippen LogP contribution in [0, 0.1) is 5.82 Å². The van der Waals surface area contributed by atoms with E-state index in [0.29, 0.717) is 11.6 Å². The van der Waals surface area contributed by atoms with Crippen LogP contribution in [0.3, 0.4) is 0 Å². The zero-order valence-electron chi connectivity index (χ0n) is 8.77. The molecule has 1 aromatic carbocycles. The van der Waals surface area contributed by atoms with Crippen molar-refractivity contribution in [2.45, 2.75) is 0 Å². The molecule has 0 unspecified atom stereocenters. The number of rotatable bonds is 2. The standard InChI is InChI=1S/C12H11FN2O/c1-16-11-7-9(13)2-3-10(11)8-4-5-15-12(14)6-8/h2-7H,1H3,(H2,14,15). The summed E-state index contributed by atoms with van der Waals surface area (Å²) in [6.45, 7) is 0. The van der Waals surface area contributed by atoms with Gasteiger partial charge in [0.2, 0.25) is 0 Å². The van der Waals surface area contributed by atoms with Gasteiger partial charge >= 0.3 is 0 Å². The van der Waals surface area contributed by atoms with Crippen molar-refractivity contribution in [3.05, 3.63) is 42.3 Å². The number of hydrogen-bond acceptors (Lipinski definition) is 3. The highest BCUT2D eigenvalue weighted by Gasteiger charge is 2.07. The Balaban J connectivity index is 2.55. The fourth-order valence-corrected chi connectivity index (χ4v) is 1.52. The summed E-state index contributed by atoms with van der Waals surface area (Å²) in [5, 5.41) is 0. The highest BCUT2D eigenvalue weighted by molar-refractivity contribution is 5.71. The molecule has 0 fully saturated rings. The molecule has 0 bridgehead atoms. The third-order valence-corrected chi connectivity index (χ3v) is 2.26. The fraction of sp³-hybridized carbons (Fsp3) is 0.0833. The van der Waals surface area contributed by atoms with E-state index < -0.39 is 0 Å². The molecule has 0 aliphatic carbocycles. The van der Waals surface area contributed by atoms with E-state index >= 15 is 0 Å². The molecule has 2 rings (SSSR count). The van der Waals surface area contributed by atoms with Gasteiger partial charge in [-0.15, -0.1) is 0 Å². The zero-order valence-corrected chi connectivity index (χ0v) is 8.77. The van der Waals surface area contributed by atoms with Gasteiger partial charge < -0.3 is 10.5 Å². The Bertz CT molecular complexity index is 514. The zero-order chi connectivity index (χ0) is 11.5. The number of hydrogen-bond donors (Lipinski definition) is 1. The van der Waals surface area contributed by atoms with Crippen molar-refractivity contribution in [1.29, 1.82) is 0 Å². The molecule has 0 spiro atoms. The lowest BCUT2D eigenvalue weighted by molar-refractivity contribution is 0.413. The van der Waals surface area contributed by atoms with Gasteiger partial charge in [-0.2, -0.15) is 0 Å². The molecule has 2 N–H and O–H groups in total. The van der Waals surface area contributed by atoms with Crippen LogP contribution in [0.5, 0.6) is 5.75 Å². The number of nitrogens with zero attached hydrogens (tertiary/aromatic N) is 1. The molecule has 0 atom stereocenters. The molecular formula is C12H11FN2O. The average molecular weight is 218 g/mol. The summed E-state index contributed by atoms with van der Waals surface area (Å²) in [6, 6.07) is 7.89. The van der Waals surface area contributed by atoms with Gasteiger partial charge in [0, 0.05) is 17.8 Å². The van der Waals surface area contributed by atoms with Gasteiger partial charge in [0.15, 0.2) is 0 Å². The van der Waals surface area contributed by atoms with Crippen LogP contribution in [0.1, 0.15) is 0 Å². The smallest absolute Gasteiger partial charge is 0.129 e. The first kappa shape index (κ1) is 10.4. The van der Waals surface area contributed by atoms with Crippen molar-refractivity contribution >= 4 is 5.82 Å². The summed E-state index contributed by atoms with van der Waals surface area (Å²) in [4.78, 5) is 3.90. The van der Waals surface area contributed by atoms with Gasteiger partial charge in [0.05, 0.1) is 7.11 Å². The number of aromatic nitrogens is 1. The Morgan fingerprint density at radius 1 is 1.25 bits per heavy atom. The molecule has 1 heterocycles. The molecular weight excluding hydrogens is 207 g/mol. The number of halogens is 1. The molecule has 0 aliphatic rings. The molecule has 0 saturated heterocycles. The summed E-state index contributed by atoms with van der Waals surface area (Å²) in [5.41, 5.74) is 7.23. The summed E-state index contributed by atoms with van der Waals surface area (Å²) in [7, 11) is 1.50. The third kappa shape index (κ3) is 1.95. The molecule has 0 aliphatic heterocycles. The number of ether oxygens (including phenoxy) is 1. The van der Waals surface area contributed by atoms with Crippen molar-refractivity contribution < 1.29 is 9.13 Å². The minimum Gasteiger partial charge on any atom is -0.496 e. The van der Waals surface area contributed by atoms with E-state index in [-0.39, 0.29) is 5.82 Å². The Morgan fingerprint density at radius 3 is 2.75 bits per heavy atom. The van der Waals surface area contributed by atoms with Crippen LogP contribution < -0.4 is 10.5 Å². The molecule has 0 radical (unpaired) electrons. The monoisotopic (exact) mass is 218 g/mol. The van der Waals surface area contributed by atoms with Crippen LogP contribution in [0.25, 0.3) is 11.1 Å². The lowest BCUT2D eigenvalue weighted by Gasteiger charge is -2.08. The summed E-state index contributed by atoms with van der Waals surface area (Å²) in [5.74, 6) is 0.567. The largest absolute Gasteiger partial charge is 0.496 e. The quantitative estimate of drug-likeness (QED) is 0.842. The van der Waals surface area contributed by atoms with Gasteiger partial charge in [-0.25, -0.2) is 9.37 Å². The Kier molecular flexibility index (Phi) is 2.72. The highest BCUT2D eigenvalue weighted by atomic mass is 19.1. The second-order valence-electron chi connectivity index (χ2n) is 3.31. The maximum absolute atomic E-state index is 13.0. The fourth-order valence-electron chi connectivity index (χ4n) is 1.52. The third-order valence-electron chi connectivity index (χ3n) is 2.26. The molecule has 0 amide bonds. The minimum absolute atomic E-state index is 0.331. The first-order valence-corrected chi connectivity index (χ1v) is 4.76. The Hall–Kier alpha value is -2.10. The van der Waals surface area contributed by atoms with E-state index in [1.807, 2.05) is 0 Å². The molecule has 16 heavy (non-hydrogen) atoms. The lowest BCUT2D eigenvalue weighted by atomic mass is 10.1. The number of nitrogens with two attached hydrogens (primary N) is 1. The maximum Gasteiger partial charge on any atom is 0.129 e. The van der Waals surface area contributed by atoms with Crippen molar-refractivity contribution in [1.82, 2.24) is 4.98 Å². The van der Waals surface area contributed by atoms with Gasteiger partial charge in [-0.3, -0.25) is 0 Å². The number of benzene rings is 1. The van der Waals surface area contributed by atoms with Crippen molar-refractivity contribution in [2.75, 3.05) is 12.8 Å². The summed E-state index contributed by atoms with van der Waals surface area (Å²) in [6.07, 6.45) is 1.60. The van der Waals surface area contributed by atoms with E-state index in [2.05, 4.69) is 4.98 Å².